The van der Waals surface area contributed by atoms with Crippen molar-refractivity contribution in [2.75, 3.05) is 12.3 Å². The third-order valence-electron chi connectivity index (χ3n) is 3.57. The number of aliphatic hydroxyl groups is 3. The van der Waals surface area contributed by atoms with Crippen molar-refractivity contribution in [1.29, 1.82) is 5.26 Å². The van der Waals surface area contributed by atoms with Crippen LogP contribution in [0.5, 0.6) is 0 Å². The molecule has 21 heavy (non-hydrogen) atoms. The van der Waals surface area contributed by atoms with E-state index in [1.165, 1.54) is 6.33 Å². The standard InChI is InChI=1S/C12H12N4O4S/c13-3-12(9(19)8(18)6(1-17)20-12)10-7-5(2-21-10)11(14)16-4-15-7/h2,4,6,8-9,17-19H,1H2,(H2,14,15,16). The molecule has 2 aromatic rings. The van der Waals surface area contributed by atoms with Crippen LogP contribution in [0.15, 0.2) is 11.7 Å². The van der Waals surface area contributed by atoms with Crippen LogP contribution >= 0.6 is 11.3 Å². The molecule has 0 aliphatic carbocycles. The highest BCUT2D eigenvalue weighted by Crippen LogP contribution is 2.45. The largest absolute Gasteiger partial charge is 0.394 e. The lowest BCUT2D eigenvalue weighted by Crippen LogP contribution is -2.39. The summed E-state index contributed by atoms with van der Waals surface area (Å²) in [5.74, 6) is 0.252. The van der Waals surface area contributed by atoms with Crippen LogP contribution in [0.3, 0.4) is 0 Å². The van der Waals surface area contributed by atoms with Gasteiger partial charge in [-0.2, -0.15) is 5.26 Å². The Balaban J connectivity index is 2.20. The molecule has 4 atom stereocenters. The van der Waals surface area contributed by atoms with Gasteiger partial charge in [-0.25, -0.2) is 9.97 Å². The van der Waals surface area contributed by atoms with E-state index in [0.717, 1.165) is 11.3 Å². The Morgan fingerprint density at radius 2 is 2.24 bits per heavy atom. The van der Waals surface area contributed by atoms with E-state index in [1.54, 1.807) is 5.38 Å². The Kier molecular flexibility index (Phi) is 3.27. The summed E-state index contributed by atoms with van der Waals surface area (Å²) in [6, 6.07) is 1.90. The van der Waals surface area contributed by atoms with Crippen LogP contribution in [0.4, 0.5) is 5.82 Å². The van der Waals surface area contributed by atoms with Crippen molar-refractivity contribution in [2.24, 2.45) is 0 Å². The number of rotatable bonds is 2. The Morgan fingerprint density at radius 1 is 1.48 bits per heavy atom. The number of nitrogens with two attached hydrogens (primary N) is 1. The van der Waals surface area contributed by atoms with Crippen LogP contribution in [0.1, 0.15) is 4.88 Å². The number of nitrogen functional groups attached to an aromatic ring is 1. The maximum atomic E-state index is 10.2. The van der Waals surface area contributed by atoms with Crippen molar-refractivity contribution >= 4 is 28.1 Å². The van der Waals surface area contributed by atoms with E-state index in [-0.39, 0.29) is 5.82 Å². The quantitative estimate of drug-likeness (QED) is 0.558. The van der Waals surface area contributed by atoms with Gasteiger partial charge in [-0.15, -0.1) is 11.3 Å². The van der Waals surface area contributed by atoms with Gasteiger partial charge in [0.2, 0.25) is 5.60 Å². The SMILES string of the molecule is N#CC1(c2scc3c(N)ncnc23)OC(CO)C(O)C1O. The molecule has 3 heterocycles. The van der Waals surface area contributed by atoms with Gasteiger partial charge in [0, 0.05) is 5.38 Å². The van der Waals surface area contributed by atoms with E-state index in [9.17, 15) is 20.6 Å². The Bertz CT molecular complexity index is 730. The summed E-state index contributed by atoms with van der Waals surface area (Å²) in [5.41, 5.74) is 4.34. The number of anilines is 1. The molecule has 4 unspecified atom stereocenters. The summed E-state index contributed by atoms with van der Waals surface area (Å²) in [6.07, 6.45) is -2.67. The monoisotopic (exact) mass is 308 g/mol. The Morgan fingerprint density at radius 3 is 2.86 bits per heavy atom. The molecule has 0 spiro atoms. The average Bonchev–Trinajstić information content (AvgIpc) is 3.03. The first-order valence-corrected chi connectivity index (χ1v) is 6.97. The number of aliphatic hydroxyl groups excluding tert-OH is 3. The maximum Gasteiger partial charge on any atom is 0.219 e. The summed E-state index contributed by atoms with van der Waals surface area (Å²) in [7, 11) is 0. The number of ether oxygens (including phenoxy) is 1. The van der Waals surface area contributed by atoms with E-state index < -0.39 is 30.5 Å². The zero-order valence-corrected chi connectivity index (χ0v) is 11.5. The minimum Gasteiger partial charge on any atom is -0.394 e. The molecule has 0 amide bonds. The molecule has 110 valence electrons. The second-order valence-corrected chi connectivity index (χ2v) is 5.59. The van der Waals surface area contributed by atoms with Crippen molar-refractivity contribution in [3.63, 3.8) is 0 Å². The van der Waals surface area contributed by atoms with Crippen molar-refractivity contribution in [3.8, 4) is 6.07 Å². The van der Waals surface area contributed by atoms with Crippen LogP contribution < -0.4 is 5.73 Å². The van der Waals surface area contributed by atoms with Crippen molar-refractivity contribution in [3.05, 3.63) is 16.6 Å². The highest BCUT2D eigenvalue weighted by molar-refractivity contribution is 7.11. The minimum atomic E-state index is -1.79. The molecule has 1 aliphatic heterocycles. The van der Waals surface area contributed by atoms with E-state index in [1.807, 2.05) is 6.07 Å². The Hall–Kier alpha value is -1.83. The molecule has 0 aromatic carbocycles. The number of nitriles is 1. The second-order valence-electron chi connectivity index (χ2n) is 4.71. The molecule has 1 saturated heterocycles. The molecule has 8 nitrogen and oxygen atoms in total. The molecule has 9 heteroatoms. The number of hydrogen-bond acceptors (Lipinski definition) is 9. The fourth-order valence-corrected chi connectivity index (χ4v) is 3.57. The number of thiophene rings is 1. The summed E-state index contributed by atoms with van der Waals surface area (Å²) in [6.45, 7) is -0.512. The van der Waals surface area contributed by atoms with E-state index in [4.69, 9.17) is 10.5 Å². The van der Waals surface area contributed by atoms with Crippen LogP contribution in [-0.4, -0.2) is 50.2 Å². The molecule has 5 N–H and O–H groups in total. The summed E-state index contributed by atoms with van der Waals surface area (Å²) in [4.78, 5) is 8.27. The number of fused-ring (bicyclic) bond motifs is 1. The third-order valence-corrected chi connectivity index (χ3v) is 4.65. The lowest BCUT2D eigenvalue weighted by molar-refractivity contribution is -0.0585. The van der Waals surface area contributed by atoms with Crippen LogP contribution in [-0.2, 0) is 10.3 Å². The van der Waals surface area contributed by atoms with Crippen molar-refractivity contribution in [2.45, 2.75) is 23.9 Å². The smallest absolute Gasteiger partial charge is 0.219 e. The van der Waals surface area contributed by atoms with Crippen molar-refractivity contribution in [1.82, 2.24) is 9.97 Å². The van der Waals surface area contributed by atoms with Crippen LogP contribution in [0.2, 0.25) is 0 Å². The van der Waals surface area contributed by atoms with Crippen LogP contribution in [0, 0.1) is 11.3 Å². The van der Waals surface area contributed by atoms with Gasteiger partial charge in [0.15, 0.2) is 0 Å². The van der Waals surface area contributed by atoms with Crippen molar-refractivity contribution < 1.29 is 20.1 Å². The molecule has 0 saturated carbocycles. The van der Waals surface area contributed by atoms with Crippen LogP contribution in [0.25, 0.3) is 10.9 Å². The van der Waals surface area contributed by atoms with E-state index in [2.05, 4.69) is 9.97 Å². The predicted molar refractivity (Wildman–Crippen MR) is 73.1 cm³/mol. The normalized spacial score (nSPS) is 32.4. The number of nitrogens with zero attached hydrogens (tertiary/aromatic N) is 3. The van der Waals surface area contributed by atoms with E-state index in [0.29, 0.717) is 15.8 Å². The molecule has 0 bridgehead atoms. The summed E-state index contributed by atoms with van der Waals surface area (Å²) >= 11 is 1.13. The van der Waals surface area contributed by atoms with Gasteiger partial charge in [0.1, 0.15) is 36.5 Å². The topological polar surface area (TPSA) is 146 Å². The molecule has 2 aromatic heterocycles. The lowest BCUT2D eigenvalue weighted by atomic mass is 9.93. The van der Waals surface area contributed by atoms with Gasteiger partial charge < -0.3 is 25.8 Å². The minimum absolute atomic E-state index is 0.252. The molecule has 1 aliphatic rings. The first-order chi connectivity index (χ1) is 10.0. The molecular formula is C12H12N4O4S. The van der Waals surface area contributed by atoms with E-state index >= 15 is 0 Å². The van der Waals surface area contributed by atoms with Gasteiger partial charge in [-0.05, 0) is 0 Å². The maximum absolute atomic E-state index is 10.2. The first kappa shape index (κ1) is 14.1. The molecule has 3 rings (SSSR count). The summed E-state index contributed by atoms with van der Waals surface area (Å²) in [5, 5.41) is 41.1. The van der Waals surface area contributed by atoms with Gasteiger partial charge in [-0.1, -0.05) is 0 Å². The third kappa shape index (κ3) is 1.81. The zero-order valence-electron chi connectivity index (χ0n) is 10.7. The van der Waals surface area contributed by atoms with Gasteiger partial charge in [-0.3, -0.25) is 0 Å². The fraction of sp³-hybridized carbons (Fsp3) is 0.417. The fourth-order valence-electron chi connectivity index (χ4n) is 2.44. The van der Waals surface area contributed by atoms with Gasteiger partial charge in [0.05, 0.1) is 22.4 Å². The summed E-state index contributed by atoms with van der Waals surface area (Å²) < 4.78 is 5.46. The highest BCUT2D eigenvalue weighted by atomic mass is 32.1. The number of aromatic nitrogens is 2. The first-order valence-electron chi connectivity index (χ1n) is 6.09. The van der Waals surface area contributed by atoms with Gasteiger partial charge >= 0.3 is 0 Å². The predicted octanol–water partition coefficient (Wildman–Crippen LogP) is -0.895. The highest BCUT2D eigenvalue weighted by Gasteiger charge is 2.57. The second kappa shape index (κ2) is 4.87. The molecule has 0 radical (unpaired) electrons. The molecule has 1 fully saturated rings. The lowest BCUT2D eigenvalue weighted by Gasteiger charge is -2.23. The van der Waals surface area contributed by atoms with Gasteiger partial charge in [0.25, 0.3) is 0 Å². The Labute approximate surface area is 123 Å². The number of hydrogen-bond donors (Lipinski definition) is 4. The zero-order chi connectivity index (χ0) is 15.2. The average molecular weight is 308 g/mol. The molecular weight excluding hydrogens is 296 g/mol.